The number of rotatable bonds is 9. The summed E-state index contributed by atoms with van der Waals surface area (Å²) >= 11 is 0. The fourth-order valence-corrected chi connectivity index (χ4v) is 16.2. The van der Waals surface area contributed by atoms with Gasteiger partial charge in [-0.1, -0.05) is 236 Å². The molecule has 25 rings (SSSR count). The van der Waals surface area contributed by atoms with Crippen molar-refractivity contribution in [2.24, 2.45) is 0 Å². The molecule has 0 aliphatic carbocycles. The van der Waals surface area contributed by atoms with Crippen LogP contribution in [0.3, 0.4) is 0 Å². The van der Waals surface area contributed by atoms with Gasteiger partial charge in [0.2, 0.25) is 0 Å². The molecule has 0 N–H and O–H groups in total. The minimum Gasteiger partial charge on any atom is -0.305 e. The third-order valence-corrected chi connectivity index (χ3v) is 23.3. The molecule has 0 unspecified atom stereocenters. The summed E-state index contributed by atoms with van der Waals surface area (Å²) in [5, 5.41) is 16.3. The van der Waals surface area contributed by atoms with Crippen molar-refractivity contribution in [3.8, 4) is 101 Å². The van der Waals surface area contributed by atoms with Crippen LogP contribution in [0.1, 0.15) is 44.4 Å². The van der Waals surface area contributed by atoms with Crippen LogP contribution in [0.5, 0.6) is 0 Å². The molecular weight excluding hydrogens is 2700 g/mol. The van der Waals surface area contributed by atoms with E-state index in [1.54, 1.807) is 85.5 Å². The number of hydrogen-bond acceptors (Lipinski definition) is 9. The predicted molar refractivity (Wildman–Crippen MR) is 592 cm³/mol. The molecule has 0 aliphatic heterocycles. The van der Waals surface area contributed by atoms with E-state index in [0.717, 1.165) is 134 Å². The van der Waals surface area contributed by atoms with Gasteiger partial charge in [-0.25, -0.2) is 0 Å². The zero-order valence-corrected chi connectivity index (χ0v) is 94.0. The zero-order valence-electron chi connectivity index (χ0n) is 86.0. The van der Waals surface area contributed by atoms with Crippen LogP contribution in [0.4, 0.5) is 0 Å². The Labute approximate surface area is 941 Å². The van der Waals surface area contributed by atoms with Crippen molar-refractivity contribution in [1.29, 1.82) is 0 Å². The number of nitrogens with zero attached hydrogens (tertiary/aromatic N) is 9. The summed E-state index contributed by atoms with van der Waals surface area (Å²) < 4.78 is 30.3. The fraction of sp³-hybridized carbons (Fsp3) is 0.0522. The Bertz CT molecular complexity index is 7750. The van der Waals surface area contributed by atoms with Crippen LogP contribution in [0.25, 0.3) is 177 Å². The second-order valence-electron chi connectivity index (χ2n) is 33.8. The molecule has 9 heterocycles. The van der Waals surface area contributed by atoms with E-state index in [-0.39, 0.29) is 101 Å². The van der Waals surface area contributed by atoms with E-state index in [0.29, 0.717) is 24.2 Å². The van der Waals surface area contributed by atoms with E-state index in [4.69, 9.17) is 5.48 Å². The minimum absolute atomic E-state index is 0. The van der Waals surface area contributed by atoms with Crippen LogP contribution >= 0.6 is 0 Å². The molecule has 16 aromatic carbocycles. The van der Waals surface area contributed by atoms with Crippen molar-refractivity contribution >= 4 is 75.4 Å². The molecule has 0 saturated carbocycles. The molecule has 0 atom stereocenters. The minimum atomic E-state index is 0. The van der Waals surface area contributed by atoms with E-state index < -0.39 is 0 Å². The molecule has 0 spiro atoms. The molecule has 9 aromatic heterocycles. The monoisotopic (exact) mass is 2800 g/mol. The summed E-state index contributed by atoms with van der Waals surface area (Å²) in [6, 6.07) is 162. The molecule has 0 fully saturated rings. The maximum Gasteiger partial charge on any atom is 0.0638 e. The SMILES string of the molecule is Cc1c[c-]c(-c2nccc3ccccc23)cc1.Cc1cc[c-]c(-c2nccc3ccccc23)c1.Cc1cc[c-]c(-c2nccc3ccccc23)c1.Cc1cc[c-]c(-c2nccc3ccccc23)c1.Cc1ccc(-c2[c-]ccc(C)c2)nc1.[2H]c1cc[c-]c(-c2nccc3ccccc23)c1.[2H]c1cc[c-]c(-c2nccc3ccccc23)c1.[2H]c1cc[c-]c(-c2nccc3ccccc23)c1.[2H]c1ccc(-c2[c-]ccc(C)c2)nc1.[Ir].[Ir].[Ir].[Ir].[Ir]. The summed E-state index contributed by atoms with van der Waals surface area (Å²) in [5.41, 5.74) is 25.9. The maximum absolute atomic E-state index is 7.65. The predicted octanol–water partition coefficient (Wildman–Crippen LogP) is 33.2. The van der Waals surface area contributed by atoms with Crippen LogP contribution in [0, 0.1) is 103 Å². The Hall–Kier alpha value is -15.1. The van der Waals surface area contributed by atoms with Gasteiger partial charge in [-0.3, -0.25) is 0 Å². The quantitative estimate of drug-likeness (QED) is 0.130. The van der Waals surface area contributed by atoms with Gasteiger partial charge >= 0.3 is 0 Å². The molecule has 9 nitrogen and oxygen atoms in total. The summed E-state index contributed by atoms with van der Waals surface area (Å²) in [6.45, 7) is 14.5. The Balaban J connectivity index is 0.000000151. The number of fused-ring (bicyclic) bond motifs is 7. The number of pyridine rings is 9. The molecule has 5 radical (unpaired) electrons. The smallest absolute Gasteiger partial charge is 0.0638 e. The number of hydrogen-bond donors (Lipinski definition) is 0. The second-order valence-corrected chi connectivity index (χ2v) is 33.8. The summed E-state index contributed by atoms with van der Waals surface area (Å²) in [4.78, 5) is 39.7. The van der Waals surface area contributed by atoms with Crippen LogP contribution in [-0.4, -0.2) is 44.9 Å². The molecule has 148 heavy (non-hydrogen) atoms. The van der Waals surface area contributed by atoms with Crippen molar-refractivity contribution in [3.63, 3.8) is 0 Å². The van der Waals surface area contributed by atoms with Crippen molar-refractivity contribution < 1.29 is 106 Å². The first-order valence-electron chi connectivity index (χ1n) is 49.0. The summed E-state index contributed by atoms with van der Waals surface area (Å²) in [7, 11) is 0. The van der Waals surface area contributed by atoms with Crippen LogP contribution in [-0.2, 0) is 101 Å². The fourth-order valence-electron chi connectivity index (χ4n) is 16.2. The molecule has 735 valence electrons. The van der Waals surface area contributed by atoms with Gasteiger partial charge in [0.15, 0.2) is 0 Å². The largest absolute Gasteiger partial charge is 0.305 e. The first kappa shape index (κ1) is 106. The van der Waals surface area contributed by atoms with Crippen molar-refractivity contribution in [1.82, 2.24) is 44.9 Å². The Morgan fingerprint density at radius 3 is 0.655 bits per heavy atom. The molecule has 0 saturated heterocycles. The molecule has 0 amide bonds. The van der Waals surface area contributed by atoms with Gasteiger partial charge in [-0.05, 0) is 188 Å². The maximum atomic E-state index is 7.65. The third-order valence-electron chi connectivity index (χ3n) is 23.3. The summed E-state index contributed by atoms with van der Waals surface area (Å²) in [6.07, 6.45) is 16.2. The Morgan fingerprint density at radius 2 is 0.412 bits per heavy atom. The van der Waals surface area contributed by atoms with Gasteiger partial charge in [-0.2, -0.15) is 0 Å². The van der Waals surface area contributed by atoms with Crippen molar-refractivity contribution in [2.75, 3.05) is 0 Å². The first-order valence-corrected chi connectivity index (χ1v) is 47.0. The molecule has 25 aromatic rings. The van der Waals surface area contributed by atoms with Crippen LogP contribution < -0.4 is 0 Å². The average Bonchev–Trinajstić information content (AvgIpc) is 0.826. The number of benzene rings is 16. The Morgan fingerprint density at radius 1 is 0.169 bits per heavy atom. The molecule has 0 bridgehead atoms. The van der Waals surface area contributed by atoms with E-state index in [9.17, 15) is 0 Å². The van der Waals surface area contributed by atoms with E-state index >= 15 is 0 Å². The van der Waals surface area contributed by atoms with Gasteiger partial charge in [0.05, 0.1) is 1.37 Å². The van der Waals surface area contributed by atoms with E-state index in [2.05, 4.69) is 261 Å². The van der Waals surface area contributed by atoms with Gasteiger partial charge in [0.1, 0.15) is 0 Å². The first-order chi connectivity index (χ1) is 71.9. The van der Waals surface area contributed by atoms with Crippen molar-refractivity contribution in [3.05, 3.63) is 574 Å². The van der Waals surface area contributed by atoms with Crippen LogP contribution in [0.2, 0.25) is 0 Å². The molecule has 14 heteroatoms. The average molecular weight is 2800 g/mol. The van der Waals surface area contributed by atoms with Gasteiger partial charge in [0, 0.05) is 160 Å². The topological polar surface area (TPSA) is 116 Å². The van der Waals surface area contributed by atoms with Crippen LogP contribution in [0.15, 0.2) is 480 Å². The van der Waals surface area contributed by atoms with E-state index in [1.807, 2.05) is 257 Å². The zero-order chi connectivity index (χ0) is 102. The third kappa shape index (κ3) is 30.3. The standard InChI is InChI=1S/4C16H12N.3C15H10N.C13H12N.C12H10N.5Ir/c3*1-12-5-4-7-14(11-12)16-15-8-3-2-6-13(15)9-10-17-16;1-12-6-8-14(9-7-12)16-15-5-3-2-4-13(15)10-11-17-16;3*1-2-7-13(8-3-1)15-14-9-5-4-6-12(14)10-11-16-15;1-10-4-3-5-12(8-10)13-7-6-11(2)9-14-13;1-10-5-4-6-11(9-10)12-7-2-3-8-13-12;;;;;/h3*2-6,8-11H,1H3;2-8,10-11H,1H3;3*1-7,9-11H;3-4,6-9H,1-2H3;2-5,7-9H,1H3;;;;;/q9*-1;;;;;/i;;;;3*2D;;3D;;;;;. The van der Waals surface area contributed by atoms with Gasteiger partial charge < -0.3 is 44.9 Å². The number of aryl methyl sites for hydroxylation is 7. The second kappa shape index (κ2) is 57.2. The van der Waals surface area contributed by atoms with Gasteiger partial charge in [0.25, 0.3) is 0 Å². The Kier molecular flexibility index (Phi) is 40.8. The van der Waals surface area contributed by atoms with Crippen molar-refractivity contribution in [2.45, 2.75) is 48.5 Å². The number of aromatic nitrogens is 9. The van der Waals surface area contributed by atoms with E-state index in [1.165, 1.54) is 82.0 Å². The molecular formula is C134H100Ir5N9-9. The summed E-state index contributed by atoms with van der Waals surface area (Å²) in [5.74, 6) is 0. The van der Waals surface area contributed by atoms with Gasteiger partial charge in [-0.15, -0.1) is 320 Å². The normalized spacial score (nSPS) is 10.5. The molecule has 0 aliphatic rings.